The lowest BCUT2D eigenvalue weighted by molar-refractivity contribution is 0.787. The van der Waals surface area contributed by atoms with Gasteiger partial charge in [-0.1, -0.05) is 20.3 Å². The van der Waals surface area contributed by atoms with Gasteiger partial charge >= 0.3 is 0 Å². The molecule has 0 radical (unpaired) electrons. The molecule has 1 unspecified atom stereocenters. The highest BCUT2D eigenvalue weighted by molar-refractivity contribution is 7.99. The van der Waals surface area contributed by atoms with Crippen LogP contribution in [0.25, 0.3) is 0 Å². The number of nitrogen functional groups attached to an aromatic ring is 1. The zero-order chi connectivity index (χ0) is 10.6. The fourth-order valence-electron chi connectivity index (χ4n) is 1.42. The second-order valence-electron chi connectivity index (χ2n) is 3.74. The highest BCUT2D eigenvalue weighted by atomic mass is 32.2. The molecule has 0 amide bonds. The normalized spacial score (nSPS) is 12.8. The van der Waals surface area contributed by atoms with E-state index in [1.807, 2.05) is 17.8 Å². The average molecular weight is 209 g/mol. The van der Waals surface area contributed by atoms with Gasteiger partial charge in [-0.2, -0.15) is 0 Å². The van der Waals surface area contributed by atoms with Crippen molar-refractivity contribution in [2.45, 2.75) is 43.8 Å². The van der Waals surface area contributed by atoms with Crippen molar-refractivity contribution >= 4 is 17.4 Å². The molecule has 78 valence electrons. The molecule has 0 aliphatic rings. The van der Waals surface area contributed by atoms with Gasteiger partial charge in [0.15, 0.2) is 0 Å². The SMILES string of the molecule is CCCC(C)Sc1ccc(N)c(C)c1. The van der Waals surface area contributed by atoms with Gasteiger partial charge in [0.25, 0.3) is 0 Å². The average Bonchev–Trinajstić information content (AvgIpc) is 2.12. The van der Waals surface area contributed by atoms with Crippen molar-refractivity contribution in [3.05, 3.63) is 23.8 Å². The highest BCUT2D eigenvalue weighted by Crippen LogP contribution is 2.28. The third-order valence-corrected chi connectivity index (χ3v) is 3.44. The zero-order valence-corrected chi connectivity index (χ0v) is 10.0. The molecule has 0 aliphatic heterocycles. The number of benzene rings is 1. The molecule has 0 aliphatic carbocycles. The van der Waals surface area contributed by atoms with Gasteiger partial charge in [-0.25, -0.2) is 0 Å². The molecule has 14 heavy (non-hydrogen) atoms. The maximum atomic E-state index is 5.77. The van der Waals surface area contributed by atoms with E-state index in [-0.39, 0.29) is 0 Å². The van der Waals surface area contributed by atoms with Gasteiger partial charge in [0.2, 0.25) is 0 Å². The van der Waals surface area contributed by atoms with Crippen molar-refractivity contribution in [3.8, 4) is 0 Å². The Balaban J connectivity index is 2.63. The largest absolute Gasteiger partial charge is 0.399 e. The molecule has 0 spiro atoms. The van der Waals surface area contributed by atoms with Gasteiger partial charge in [-0.3, -0.25) is 0 Å². The van der Waals surface area contributed by atoms with Crippen LogP contribution >= 0.6 is 11.8 Å². The molecule has 1 atom stereocenters. The van der Waals surface area contributed by atoms with Crippen molar-refractivity contribution in [2.75, 3.05) is 5.73 Å². The first-order valence-electron chi connectivity index (χ1n) is 5.16. The fourth-order valence-corrected chi connectivity index (χ4v) is 2.63. The molecular formula is C12H19NS. The first-order chi connectivity index (χ1) is 6.63. The number of nitrogens with two attached hydrogens (primary N) is 1. The molecule has 1 aromatic rings. The summed E-state index contributed by atoms with van der Waals surface area (Å²) < 4.78 is 0. The van der Waals surface area contributed by atoms with Crippen LogP contribution in [0.5, 0.6) is 0 Å². The second kappa shape index (κ2) is 5.30. The summed E-state index contributed by atoms with van der Waals surface area (Å²) in [6.45, 7) is 6.56. The summed E-state index contributed by atoms with van der Waals surface area (Å²) in [4.78, 5) is 1.33. The Morgan fingerprint density at radius 1 is 1.43 bits per heavy atom. The Hall–Kier alpha value is -0.630. The quantitative estimate of drug-likeness (QED) is 0.602. The first kappa shape index (κ1) is 11.4. The van der Waals surface area contributed by atoms with Crippen molar-refractivity contribution < 1.29 is 0 Å². The Bertz CT molecular complexity index is 296. The van der Waals surface area contributed by atoms with Crippen LogP contribution in [0, 0.1) is 6.92 Å². The van der Waals surface area contributed by atoms with Crippen LogP contribution < -0.4 is 5.73 Å². The molecule has 0 saturated heterocycles. The molecule has 2 heteroatoms. The summed E-state index contributed by atoms with van der Waals surface area (Å²) in [7, 11) is 0. The van der Waals surface area contributed by atoms with Crippen LogP contribution in [0.2, 0.25) is 0 Å². The third-order valence-electron chi connectivity index (χ3n) is 2.27. The van der Waals surface area contributed by atoms with Crippen molar-refractivity contribution in [1.29, 1.82) is 0 Å². The van der Waals surface area contributed by atoms with E-state index in [0.29, 0.717) is 5.25 Å². The molecule has 0 saturated carbocycles. The van der Waals surface area contributed by atoms with Gasteiger partial charge in [0.1, 0.15) is 0 Å². The Kier molecular flexibility index (Phi) is 4.33. The molecule has 1 nitrogen and oxygen atoms in total. The van der Waals surface area contributed by atoms with Crippen molar-refractivity contribution in [2.24, 2.45) is 0 Å². The van der Waals surface area contributed by atoms with E-state index in [9.17, 15) is 0 Å². The maximum Gasteiger partial charge on any atom is 0.0344 e. The van der Waals surface area contributed by atoms with Crippen LogP contribution in [0.3, 0.4) is 0 Å². The minimum atomic E-state index is 0.697. The van der Waals surface area contributed by atoms with Crippen molar-refractivity contribution in [1.82, 2.24) is 0 Å². The molecule has 0 aromatic heterocycles. The molecule has 0 heterocycles. The predicted molar refractivity (Wildman–Crippen MR) is 65.8 cm³/mol. The highest BCUT2D eigenvalue weighted by Gasteiger charge is 2.03. The first-order valence-corrected chi connectivity index (χ1v) is 6.04. The molecule has 1 aromatic carbocycles. The molecule has 0 bridgehead atoms. The van der Waals surface area contributed by atoms with Gasteiger partial charge in [0.05, 0.1) is 0 Å². The topological polar surface area (TPSA) is 26.0 Å². The van der Waals surface area contributed by atoms with Crippen LogP contribution in [-0.2, 0) is 0 Å². The zero-order valence-electron chi connectivity index (χ0n) is 9.21. The number of anilines is 1. The second-order valence-corrected chi connectivity index (χ2v) is 5.25. The lowest BCUT2D eigenvalue weighted by Crippen LogP contribution is -1.95. The number of aryl methyl sites for hydroxylation is 1. The molecule has 2 N–H and O–H groups in total. The van der Waals surface area contributed by atoms with Crippen LogP contribution in [0.4, 0.5) is 5.69 Å². The van der Waals surface area contributed by atoms with Gasteiger partial charge in [0, 0.05) is 15.8 Å². The number of hydrogen-bond acceptors (Lipinski definition) is 2. The van der Waals surface area contributed by atoms with Crippen LogP contribution in [0.1, 0.15) is 32.3 Å². The summed E-state index contributed by atoms with van der Waals surface area (Å²) in [5, 5.41) is 0.697. The maximum absolute atomic E-state index is 5.77. The van der Waals surface area contributed by atoms with Gasteiger partial charge in [-0.05, 0) is 37.1 Å². The van der Waals surface area contributed by atoms with Crippen LogP contribution in [-0.4, -0.2) is 5.25 Å². The molecule has 0 fully saturated rings. The van der Waals surface area contributed by atoms with Gasteiger partial charge in [-0.15, -0.1) is 11.8 Å². The van der Waals surface area contributed by atoms with E-state index in [1.54, 1.807) is 0 Å². The third kappa shape index (κ3) is 3.26. The Morgan fingerprint density at radius 3 is 2.71 bits per heavy atom. The summed E-state index contributed by atoms with van der Waals surface area (Å²) >= 11 is 1.94. The minimum Gasteiger partial charge on any atom is -0.399 e. The lowest BCUT2D eigenvalue weighted by Gasteiger charge is -2.10. The molecule has 1 rings (SSSR count). The monoisotopic (exact) mass is 209 g/mol. The molecular weight excluding hydrogens is 190 g/mol. The smallest absolute Gasteiger partial charge is 0.0344 e. The van der Waals surface area contributed by atoms with E-state index in [4.69, 9.17) is 5.73 Å². The summed E-state index contributed by atoms with van der Waals surface area (Å²) in [5.74, 6) is 0. The van der Waals surface area contributed by atoms with E-state index < -0.39 is 0 Å². The van der Waals surface area contributed by atoms with E-state index >= 15 is 0 Å². The van der Waals surface area contributed by atoms with E-state index in [2.05, 4.69) is 32.9 Å². The number of rotatable bonds is 4. The summed E-state index contributed by atoms with van der Waals surface area (Å²) in [6, 6.07) is 6.28. The Labute approximate surface area is 91.1 Å². The lowest BCUT2D eigenvalue weighted by atomic mass is 10.2. The number of hydrogen-bond donors (Lipinski definition) is 1. The standard InChI is InChI=1S/C12H19NS/c1-4-5-10(3)14-11-6-7-12(13)9(2)8-11/h6-8,10H,4-5,13H2,1-3H3. The van der Waals surface area contributed by atoms with Crippen LogP contribution in [0.15, 0.2) is 23.1 Å². The predicted octanol–water partition coefficient (Wildman–Crippen LogP) is 3.86. The van der Waals surface area contributed by atoms with E-state index in [1.165, 1.54) is 23.3 Å². The minimum absolute atomic E-state index is 0.697. The summed E-state index contributed by atoms with van der Waals surface area (Å²) in [6.07, 6.45) is 2.52. The fraction of sp³-hybridized carbons (Fsp3) is 0.500. The van der Waals surface area contributed by atoms with E-state index in [0.717, 1.165) is 5.69 Å². The van der Waals surface area contributed by atoms with Gasteiger partial charge < -0.3 is 5.73 Å². The Morgan fingerprint density at radius 2 is 2.14 bits per heavy atom. The van der Waals surface area contributed by atoms with Crippen molar-refractivity contribution in [3.63, 3.8) is 0 Å². The number of thioether (sulfide) groups is 1. The summed E-state index contributed by atoms with van der Waals surface area (Å²) in [5.41, 5.74) is 7.83.